The Kier molecular flexibility index (Phi) is 8.26. The van der Waals surface area contributed by atoms with E-state index in [-0.39, 0.29) is 0 Å². The minimum absolute atomic E-state index is 0.646. The smallest absolute Gasteiger partial charge is 0.229 e. The van der Waals surface area contributed by atoms with E-state index in [2.05, 4.69) is 6.92 Å². The Morgan fingerprint density at radius 1 is 1.22 bits per heavy atom. The third-order valence-electron chi connectivity index (χ3n) is 0.780. The van der Waals surface area contributed by atoms with Crippen molar-refractivity contribution < 1.29 is 9.16 Å². The van der Waals surface area contributed by atoms with E-state index < -0.39 is 0 Å². The number of hydrogen-bond donors (Lipinski definition) is 0. The van der Waals surface area contributed by atoms with Crippen molar-refractivity contribution in [2.24, 2.45) is 0 Å². The van der Waals surface area contributed by atoms with Crippen molar-refractivity contribution >= 4 is 9.76 Å². The number of rotatable bonds is 6. The first-order valence-electron chi connectivity index (χ1n) is 3.34. The maximum Gasteiger partial charge on any atom is 0.229 e. The zero-order valence-electron chi connectivity index (χ0n) is 6.14. The number of ether oxygens (including phenoxy) is 1. The second-order valence-corrected chi connectivity index (χ2v) is 2.83. The molecule has 0 aliphatic rings. The molecule has 0 aromatic rings. The summed E-state index contributed by atoms with van der Waals surface area (Å²) in [6.07, 6.45) is 0. The Hall–Kier alpha value is 0.137. The van der Waals surface area contributed by atoms with Crippen molar-refractivity contribution in [2.75, 3.05) is 19.8 Å². The molecule has 0 bridgehead atoms. The highest BCUT2D eigenvalue weighted by Crippen LogP contribution is 1.78. The van der Waals surface area contributed by atoms with Crippen LogP contribution in [0.4, 0.5) is 0 Å². The molecule has 0 fully saturated rings. The van der Waals surface area contributed by atoms with Gasteiger partial charge in [-0.05, 0) is 13.0 Å². The summed E-state index contributed by atoms with van der Waals surface area (Å²) in [5, 5.41) is 0. The van der Waals surface area contributed by atoms with Gasteiger partial charge in [0.25, 0.3) is 0 Å². The molecule has 0 aromatic heterocycles. The molecule has 2 nitrogen and oxygen atoms in total. The van der Waals surface area contributed by atoms with Gasteiger partial charge >= 0.3 is 0 Å². The van der Waals surface area contributed by atoms with Crippen LogP contribution in [0.3, 0.4) is 0 Å². The van der Waals surface area contributed by atoms with Crippen LogP contribution in [-0.2, 0) is 9.16 Å². The van der Waals surface area contributed by atoms with E-state index in [0.717, 1.165) is 25.9 Å². The van der Waals surface area contributed by atoms with Gasteiger partial charge in [-0.2, -0.15) is 0 Å². The molecule has 0 heterocycles. The molecule has 2 radical (unpaired) electrons. The Balaban J connectivity index is 2.60. The predicted molar refractivity (Wildman–Crippen MR) is 38.7 cm³/mol. The maximum atomic E-state index is 5.19. The molecule has 0 amide bonds. The number of hydrogen-bond acceptors (Lipinski definition) is 2. The van der Waals surface area contributed by atoms with Crippen LogP contribution in [0.1, 0.15) is 13.8 Å². The Morgan fingerprint density at radius 3 is 2.56 bits per heavy atom. The van der Waals surface area contributed by atoms with Gasteiger partial charge in [0.1, 0.15) is 0 Å². The monoisotopic (exact) mass is 146 g/mol. The fraction of sp³-hybridized carbons (Fsp3) is 1.00. The molecule has 0 unspecified atom stereocenters. The average Bonchev–Trinajstić information content (AvgIpc) is 1.89. The largest absolute Gasteiger partial charge is 0.415 e. The fourth-order valence-corrected chi connectivity index (χ4v) is 0.851. The second kappa shape index (κ2) is 8.14. The van der Waals surface area contributed by atoms with Gasteiger partial charge in [-0.3, -0.25) is 0 Å². The molecule has 0 saturated heterocycles. The quantitative estimate of drug-likeness (QED) is 0.412. The lowest BCUT2D eigenvalue weighted by Crippen LogP contribution is -2.05. The van der Waals surface area contributed by atoms with Crippen LogP contribution in [0.25, 0.3) is 0 Å². The molecule has 3 heteroatoms. The van der Waals surface area contributed by atoms with Crippen molar-refractivity contribution in [2.45, 2.75) is 19.9 Å². The summed E-state index contributed by atoms with van der Waals surface area (Å²) in [7, 11) is 0.646. The summed E-state index contributed by atoms with van der Waals surface area (Å²) in [5.74, 6) is 0. The van der Waals surface area contributed by atoms with Crippen LogP contribution in [0, 0.1) is 0 Å². The summed E-state index contributed by atoms with van der Waals surface area (Å²) >= 11 is 0. The summed E-state index contributed by atoms with van der Waals surface area (Å²) in [4.78, 5) is 0. The van der Waals surface area contributed by atoms with Crippen LogP contribution in [0.5, 0.6) is 0 Å². The van der Waals surface area contributed by atoms with Crippen molar-refractivity contribution in [1.82, 2.24) is 0 Å². The first-order valence-corrected chi connectivity index (χ1v) is 4.45. The molecular formula is C6H14O2Si. The third-order valence-corrected chi connectivity index (χ3v) is 1.48. The lowest BCUT2D eigenvalue weighted by molar-refractivity contribution is 0.112. The summed E-state index contributed by atoms with van der Waals surface area (Å²) < 4.78 is 10.2. The van der Waals surface area contributed by atoms with Crippen molar-refractivity contribution in [3.63, 3.8) is 0 Å². The van der Waals surface area contributed by atoms with E-state index in [0.29, 0.717) is 9.76 Å². The minimum Gasteiger partial charge on any atom is -0.415 e. The molecule has 0 spiro atoms. The van der Waals surface area contributed by atoms with Gasteiger partial charge in [-0.25, -0.2) is 0 Å². The summed E-state index contributed by atoms with van der Waals surface area (Å²) in [6, 6.07) is 1.12. The fourth-order valence-electron chi connectivity index (χ4n) is 0.419. The molecule has 0 rings (SSSR count). The Labute approximate surface area is 59.5 Å². The SMILES string of the molecule is CCOCCO[Si]CC. The first-order chi connectivity index (χ1) is 4.41. The molecule has 0 atom stereocenters. The van der Waals surface area contributed by atoms with Crippen LogP contribution in [0.2, 0.25) is 6.04 Å². The van der Waals surface area contributed by atoms with Gasteiger partial charge in [0.15, 0.2) is 0 Å². The van der Waals surface area contributed by atoms with Crippen LogP contribution in [-0.4, -0.2) is 29.6 Å². The van der Waals surface area contributed by atoms with Gasteiger partial charge in [-0.15, -0.1) is 0 Å². The average molecular weight is 146 g/mol. The van der Waals surface area contributed by atoms with Crippen LogP contribution in [0.15, 0.2) is 0 Å². The normalized spacial score (nSPS) is 10.0. The van der Waals surface area contributed by atoms with Gasteiger partial charge in [0.2, 0.25) is 9.76 Å². The zero-order valence-corrected chi connectivity index (χ0v) is 7.14. The van der Waals surface area contributed by atoms with Crippen LogP contribution >= 0.6 is 0 Å². The van der Waals surface area contributed by atoms with E-state index in [1.165, 1.54) is 0 Å². The molecule has 54 valence electrons. The third kappa shape index (κ3) is 8.14. The van der Waals surface area contributed by atoms with E-state index in [9.17, 15) is 0 Å². The Bertz CT molecular complexity index is 44.3. The van der Waals surface area contributed by atoms with Crippen molar-refractivity contribution in [1.29, 1.82) is 0 Å². The molecular weight excluding hydrogens is 132 g/mol. The van der Waals surface area contributed by atoms with E-state index in [4.69, 9.17) is 9.16 Å². The molecule has 9 heavy (non-hydrogen) atoms. The van der Waals surface area contributed by atoms with Crippen molar-refractivity contribution in [3.05, 3.63) is 0 Å². The molecule has 0 aliphatic carbocycles. The second-order valence-electron chi connectivity index (χ2n) is 1.54. The van der Waals surface area contributed by atoms with E-state index in [1.807, 2.05) is 6.92 Å². The highest BCUT2D eigenvalue weighted by Gasteiger charge is 1.86. The predicted octanol–water partition coefficient (Wildman–Crippen LogP) is 1.10. The van der Waals surface area contributed by atoms with E-state index in [1.54, 1.807) is 0 Å². The van der Waals surface area contributed by atoms with Gasteiger partial charge in [0, 0.05) is 6.61 Å². The lowest BCUT2D eigenvalue weighted by atomic mass is 10.8. The summed E-state index contributed by atoms with van der Waals surface area (Å²) in [5.41, 5.74) is 0. The standard InChI is InChI=1S/C6H14O2Si/c1-3-7-5-6-8-9-4-2/h3-6H2,1-2H3. The summed E-state index contributed by atoms with van der Waals surface area (Å²) in [6.45, 7) is 6.38. The molecule has 0 saturated carbocycles. The molecule has 0 aromatic carbocycles. The van der Waals surface area contributed by atoms with Gasteiger partial charge in [-0.1, -0.05) is 6.92 Å². The highest BCUT2D eigenvalue weighted by molar-refractivity contribution is 6.26. The molecule has 0 N–H and O–H groups in total. The maximum absolute atomic E-state index is 5.19. The van der Waals surface area contributed by atoms with Gasteiger partial charge < -0.3 is 9.16 Å². The Morgan fingerprint density at radius 2 is 2.00 bits per heavy atom. The minimum atomic E-state index is 0.646. The lowest BCUT2D eigenvalue weighted by Gasteiger charge is -2.00. The zero-order chi connectivity index (χ0) is 6.95. The van der Waals surface area contributed by atoms with Crippen LogP contribution < -0.4 is 0 Å². The molecule has 0 aliphatic heterocycles. The highest BCUT2D eigenvalue weighted by atomic mass is 28.2. The topological polar surface area (TPSA) is 18.5 Å². The first kappa shape index (κ1) is 9.14. The van der Waals surface area contributed by atoms with E-state index >= 15 is 0 Å². The van der Waals surface area contributed by atoms with Gasteiger partial charge in [0.05, 0.1) is 13.2 Å². The van der Waals surface area contributed by atoms with Crippen molar-refractivity contribution in [3.8, 4) is 0 Å².